The molecule has 0 aliphatic heterocycles. The van der Waals surface area contributed by atoms with Crippen molar-refractivity contribution in [2.75, 3.05) is 11.9 Å². The molecule has 2 aromatic rings. The summed E-state index contributed by atoms with van der Waals surface area (Å²) < 4.78 is 18.9. The molecule has 0 bridgehead atoms. The quantitative estimate of drug-likeness (QED) is 0.840. The van der Waals surface area contributed by atoms with E-state index in [0.29, 0.717) is 10.2 Å². The van der Waals surface area contributed by atoms with Crippen molar-refractivity contribution in [3.8, 4) is 0 Å². The normalized spacial score (nSPS) is 10.1. The Morgan fingerprint density at radius 2 is 1.95 bits per heavy atom. The number of ether oxygens (including phenoxy) is 1. The van der Waals surface area contributed by atoms with Gasteiger partial charge in [0.2, 0.25) is 0 Å². The maximum absolute atomic E-state index is 13.5. The van der Waals surface area contributed by atoms with Gasteiger partial charge >= 0.3 is 5.97 Å². The van der Waals surface area contributed by atoms with Crippen LogP contribution in [-0.2, 0) is 9.53 Å². The first-order valence-corrected chi connectivity index (χ1v) is 7.24. The molecular weight excluding hydrogens is 353 g/mol. The van der Waals surface area contributed by atoms with Crippen molar-refractivity contribution in [2.24, 2.45) is 0 Å². The van der Waals surface area contributed by atoms with E-state index < -0.39 is 24.3 Å². The van der Waals surface area contributed by atoms with E-state index in [1.807, 2.05) is 19.1 Å². The summed E-state index contributed by atoms with van der Waals surface area (Å²) in [6.45, 7) is 1.36. The lowest BCUT2D eigenvalue weighted by Gasteiger charge is -2.09. The van der Waals surface area contributed by atoms with Crippen molar-refractivity contribution >= 4 is 33.5 Å². The second-order valence-electron chi connectivity index (χ2n) is 4.56. The van der Waals surface area contributed by atoms with E-state index in [4.69, 9.17) is 4.74 Å². The first kappa shape index (κ1) is 16.2. The van der Waals surface area contributed by atoms with Gasteiger partial charge in [-0.2, -0.15) is 0 Å². The maximum Gasteiger partial charge on any atom is 0.341 e. The fourth-order valence-electron chi connectivity index (χ4n) is 1.76. The van der Waals surface area contributed by atoms with Crippen molar-refractivity contribution in [3.63, 3.8) is 0 Å². The topological polar surface area (TPSA) is 55.4 Å². The van der Waals surface area contributed by atoms with Gasteiger partial charge in [-0.05, 0) is 36.8 Å². The lowest BCUT2D eigenvalue weighted by molar-refractivity contribution is -0.119. The van der Waals surface area contributed by atoms with Crippen LogP contribution in [0.1, 0.15) is 15.9 Å². The van der Waals surface area contributed by atoms with Crippen LogP contribution in [0.5, 0.6) is 0 Å². The van der Waals surface area contributed by atoms with E-state index in [0.717, 1.165) is 11.6 Å². The van der Waals surface area contributed by atoms with Crippen LogP contribution in [0.2, 0.25) is 0 Å². The predicted molar refractivity (Wildman–Crippen MR) is 84.2 cm³/mol. The fraction of sp³-hybridized carbons (Fsp3) is 0.125. The zero-order valence-corrected chi connectivity index (χ0v) is 13.3. The van der Waals surface area contributed by atoms with Crippen LogP contribution >= 0.6 is 15.9 Å². The SMILES string of the molecule is Cc1ccccc1NC(=O)COC(=O)c1cc(Br)ccc1F. The number of para-hydroxylation sites is 1. The average Bonchev–Trinajstić information content (AvgIpc) is 2.49. The van der Waals surface area contributed by atoms with Crippen molar-refractivity contribution in [2.45, 2.75) is 6.92 Å². The highest BCUT2D eigenvalue weighted by atomic mass is 79.9. The number of rotatable bonds is 4. The Morgan fingerprint density at radius 3 is 2.68 bits per heavy atom. The third kappa shape index (κ3) is 4.14. The molecule has 1 N–H and O–H groups in total. The molecule has 1 amide bonds. The van der Waals surface area contributed by atoms with Crippen molar-refractivity contribution < 1.29 is 18.7 Å². The summed E-state index contributed by atoms with van der Waals surface area (Å²) >= 11 is 3.14. The molecule has 2 aromatic carbocycles. The Kier molecular flexibility index (Phi) is 5.27. The molecule has 0 atom stereocenters. The van der Waals surface area contributed by atoms with Gasteiger partial charge in [0.05, 0.1) is 5.56 Å². The number of hydrogen-bond acceptors (Lipinski definition) is 3. The molecule has 0 fully saturated rings. The second kappa shape index (κ2) is 7.17. The van der Waals surface area contributed by atoms with Crippen LogP contribution in [0.25, 0.3) is 0 Å². The highest BCUT2D eigenvalue weighted by Gasteiger charge is 2.15. The molecule has 0 radical (unpaired) electrons. The third-order valence-corrected chi connectivity index (χ3v) is 3.40. The zero-order chi connectivity index (χ0) is 16.1. The number of carbonyl (C=O) groups excluding carboxylic acids is 2. The predicted octanol–water partition coefficient (Wildman–Crippen LogP) is 3.69. The van der Waals surface area contributed by atoms with E-state index in [1.54, 1.807) is 12.1 Å². The van der Waals surface area contributed by atoms with E-state index in [2.05, 4.69) is 21.2 Å². The summed E-state index contributed by atoms with van der Waals surface area (Å²) in [5.41, 5.74) is 1.30. The fourth-order valence-corrected chi connectivity index (χ4v) is 2.12. The smallest absolute Gasteiger partial charge is 0.341 e. The first-order valence-electron chi connectivity index (χ1n) is 6.45. The van der Waals surface area contributed by atoms with Gasteiger partial charge in [-0.1, -0.05) is 34.1 Å². The van der Waals surface area contributed by atoms with Crippen LogP contribution in [0.4, 0.5) is 10.1 Å². The van der Waals surface area contributed by atoms with Crippen LogP contribution in [0.3, 0.4) is 0 Å². The largest absolute Gasteiger partial charge is 0.452 e. The number of nitrogens with one attached hydrogen (secondary N) is 1. The number of benzene rings is 2. The van der Waals surface area contributed by atoms with E-state index >= 15 is 0 Å². The average molecular weight is 366 g/mol. The van der Waals surface area contributed by atoms with Gasteiger partial charge in [-0.25, -0.2) is 9.18 Å². The standard InChI is InChI=1S/C16H13BrFNO3/c1-10-4-2-3-5-14(10)19-15(20)9-22-16(21)12-8-11(17)6-7-13(12)18/h2-8H,9H2,1H3,(H,19,20). The zero-order valence-electron chi connectivity index (χ0n) is 11.7. The van der Waals surface area contributed by atoms with Crippen molar-refractivity contribution in [3.05, 3.63) is 63.9 Å². The van der Waals surface area contributed by atoms with E-state index in [9.17, 15) is 14.0 Å². The number of carbonyl (C=O) groups is 2. The molecule has 0 spiro atoms. The molecule has 6 heteroatoms. The Balaban J connectivity index is 1.95. The minimum absolute atomic E-state index is 0.224. The molecule has 0 unspecified atom stereocenters. The summed E-state index contributed by atoms with van der Waals surface area (Å²) in [6.07, 6.45) is 0. The molecule has 0 aliphatic carbocycles. The molecule has 0 heterocycles. The molecule has 22 heavy (non-hydrogen) atoms. The third-order valence-electron chi connectivity index (χ3n) is 2.90. The van der Waals surface area contributed by atoms with E-state index in [1.165, 1.54) is 12.1 Å². The maximum atomic E-state index is 13.5. The number of amides is 1. The van der Waals surface area contributed by atoms with Gasteiger partial charge in [-0.3, -0.25) is 4.79 Å². The van der Waals surface area contributed by atoms with E-state index in [-0.39, 0.29) is 5.56 Å². The molecule has 0 saturated heterocycles. The van der Waals surface area contributed by atoms with Crippen LogP contribution in [0, 0.1) is 12.7 Å². The summed E-state index contributed by atoms with van der Waals surface area (Å²) in [5, 5.41) is 2.62. The Bertz CT molecular complexity index is 718. The first-order chi connectivity index (χ1) is 10.5. The van der Waals surface area contributed by atoms with Crippen molar-refractivity contribution in [1.29, 1.82) is 0 Å². The number of aryl methyl sites for hydroxylation is 1. The number of anilines is 1. The number of hydrogen-bond donors (Lipinski definition) is 1. The molecule has 0 aliphatic rings. The van der Waals surface area contributed by atoms with Gasteiger partial charge in [-0.15, -0.1) is 0 Å². The monoisotopic (exact) mass is 365 g/mol. The molecule has 0 saturated carbocycles. The lowest BCUT2D eigenvalue weighted by atomic mass is 10.2. The minimum Gasteiger partial charge on any atom is -0.452 e. The summed E-state index contributed by atoms with van der Waals surface area (Å²) in [5.74, 6) is -2.08. The molecule has 114 valence electrons. The Hall–Kier alpha value is -2.21. The molecular formula is C16H13BrFNO3. The molecule has 2 rings (SSSR count). The lowest BCUT2D eigenvalue weighted by Crippen LogP contribution is -2.21. The summed E-state index contributed by atoms with van der Waals surface area (Å²) in [7, 11) is 0. The summed E-state index contributed by atoms with van der Waals surface area (Å²) in [6, 6.07) is 11.1. The van der Waals surface area contributed by atoms with Crippen LogP contribution in [0.15, 0.2) is 46.9 Å². The molecule has 0 aromatic heterocycles. The van der Waals surface area contributed by atoms with Gasteiger partial charge in [0.15, 0.2) is 6.61 Å². The Morgan fingerprint density at radius 1 is 1.23 bits per heavy atom. The Labute approximate surface area is 135 Å². The second-order valence-corrected chi connectivity index (χ2v) is 5.48. The van der Waals surface area contributed by atoms with Gasteiger partial charge in [0.25, 0.3) is 5.91 Å². The highest BCUT2D eigenvalue weighted by molar-refractivity contribution is 9.10. The minimum atomic E-state index is -0.890. The number of halogens is 2. The van der Waals surface area contributed by atoms with Gasteiger partial charge < -0.3 is 10.1 Å². The highest BCUT2D eigenvalue weighted by Crippen LogP contribution is 2.17. The van der Waals surface area contributed by atoms with Crippen LogP contribution in [-0.4, -0.2) is 18.5 Å². The molecule has 4 nitrogen and oxygen atoms in total. The van der Waals surface area contributed by atoms with Gasteiger partial charge in [0, 0.05) is 10.2 Å². The van der Waals surface area contributed by atoms with Crippen LogP contribution < -0.4 is 5.32 Å². The number of esters is 1. The van der Waals surface area contributed by atoms with Gasteiger partial charge in [0.1, 0.15) is 5.82 Å². The van der Waals surface area contributed by atoms with Crippen molar-refractivity contribution in [1.82, 2.24) is 0 Å². The summed E-state index contributed by atoms with van der Waals surface area (Å²) in [4.78, 5) is 23.5.